The van der Waals surface area contributed by atoms with Gasteiger partial charge < -0.3 is 14.4 Å². The van der Waals surface area contributed by atoms with Crippen molar-refractivity contribution >= 4 is 5.91 Å². The normalized spacial score (nSPS) is 20.2. The maximum Gasteiger partial charge on any atom is 0.222 e. The van der Waals surface area contributed by atoms with Gasteiger partial charge in [-0.05, 0) is 38.0 Å². The molecule has 0 aliphatic carbocycles. The Kier molecular flexibility index (Phi) is 5.93. The minimum atomic E-state index is 0.109. The Balaban J connectivity index is 1.41. The molecule has 0 saturated carbocycles. The Morgan fingerprint density at radius 1 is 1.19 bits per heavy atom. The standard InChI is InChI=1S/C20H27N3O3/c1-15-12-23(13-16(2)26-15)20(24)5-4-10-25-19-8-6-17(7-9-19)18-11-21-22(3)14-18/h6-9,11,14-16H,4-5,10,12-13H2,1-3H3/t15-,16-/m0/s1. The second kappa shape index (κ2) is 8.36. The lowest BCUT2D eigenvalue weighted by Gasteiger charge is -2.35. The highest BCUT2D eigenvalue weighted by Gasteiger charge is 2.25. The molecule has 6 heteroatoms. The zero-order valence-electron chi connectivity index (χ0n) is 15.7. The Labute approximate surface area is 154 Å². The smallest absolute Gasteiger partial charge is 0.222 e. The molecule has 3 rings (SSSR count). The summed E-state index contributed by atoms with van der Waals surface area (Å²) < 4.78 is 13.2. The van der Waals surface area contributed by atoms with Crippen LogP contribution in [0.2, 0.25) is 0 Å². The zero-order valence-corrected chi connectivity index (χ0v) is 15.7. The lowest BCUT2D eigenvalue weighted by atomic mass is 10.1. The van der Waals surface area contributed by atoms with Gasteiger partial charge in [0.2, 0.25) is 5.91 Å². The summed E-state index contributed by atoms with van der Waals surface area (Å²) in [5, 5.41) is 4.18. The summed E-state index contributed by atoms with van der Waals surface area (Å²) in [6.07, 6.45) is 5.26. The second-order valence-electron chi connectivity index (χ2n) is 6.94. The van der Waals surface area contributed by atoms with Gasteiger partial charge in [-0.2, -0.15) is 5.10 Å². The first kappa shape index (κ1) is 18.5. The van der Waals surface area contributed by atoms with E-state index in [1.165, 1.54) is 0 Å². The number of benzene rings is 1. The zero-order chi connectivity index (χ0) is 18.5. The number of carbonyl (C=O) groups is 1. The number of hydrogen-bond acceptors (Lipinski definition) is 4. The lowest BCUT2D eigenvalue weighted by Crippen LogP contribution is -2.48. The summed E-state index contributed by atoms with van der Waals surface area (Å²) in [7, 11) is 1.90. The molecule has 0 bridgehead atoms. The average Bonchev–Trinajstić information content (AvgIpc) is 3.04. The maximum atomic E-state index is 12.3. The fraction of sp³-hybridized carbons (Fsp3) is 0.500. The highest BCUT2D eigenvalue weighted by atomic mass is 16.5. The molecule has 1 aromatic heterocycles. The van der Waals surface area contributed by atoms with Crippen LogP contribution in [0.5, 0.6) is 5.75 Å². The first-order chi connectivity index (χ1) is 12.5. The van der Waals surface area contributed by atoms with Crippen LogP contribution < -0.4 is 4.74 Å². The summed E-state index contributed by atoms with van der Waals surface area (Å²) in [6, 6.07) is 7.95. The number of morpholine rings is 1. The number of carbonyl (C=O) groups excluding carboxylic acids is 1. The van der Waals surface area contributed by atoms with Crippen LogP contribution in [0.4, 0.5) is 0 Å². The molecule has 1 aliphatic heterocycles. The summed E-state index contributed by atoms with van der Waals surface area (Å²) >= 11 is 0. The van der Waals surface area contributed by atoms with Gasteiger partial charge in [-0.3, -0.25) is 9.48 Å². The van der Waals surface area contributed by atoms with Gasteiger partial charge in [0.25, 0.3) is 0 Å². The van der Waals surface area contributed by atoms with Crippen molar-refractivity contribution in [3.05, 3.63) is 36.7 Å². The van der Waals surface area contributed by atoms with Gasteiger partial charge >= 0.3 is 0 Å². The van der Waals surface area contributed by atoms with E-state index in [9.17, 15) is 4.79 Å². The quantitative estimate of drug-likeness (QED) is 0.746. The Morgan fingerprint density at radius 2 is 1.88 bits per heavy atom. The minimum absolute atomic E-state index is 0.109. The van der Waals surface area contributed by atoms with Crippen LogP contribution in [0.15, 0.2) is 36.7 Å². The van der Waals surface area contributed by atoms with Crippen LogP contribution in [-0.2, 0) is 16.6 Å². The topological polar surface area (TPSA) is 56.6 Å². The van der Waals surface area contributed by atoms with E-state index in [-0.39, 0.29) is 18.1 Å². The Hall–Kier alpha value is -2.34. The molecule has 0 radical (unpaired) electrons. The molecule has 140 valence electrons. The number of ether oxygens (including phenoxy) is 2. The molecule has 1 aromatic carbocycles. The molecule has 6 nitrogen and oxygen atoms in total. The molecule has 1 amide bonds. The van der Waals surface area contributed by atoms with Crippen molar-refractivity contribution in [3.63, 3.8) is 0 Å². The Bertz CT molecular complexity index is 716. The van der Waals surface area contributed by atoms with E-state index in [1.807, 2.05) is 62.5 Å². The highest BCUT2D eigenvalue weighted by Crippen LogP contribution is 2.22. The van der Waals surface area contributed by atoms with Gasteiger partial charge in [0.15, 0.2) is 0 Å². The monoisotopic (exact) mass is 357 g/mol. The summed E-state index contributed by atoms with van der Waals surface area (Å²) in [6.45, 7) is 5.91. The van der Waals surface area contributed by atoms with Gasteiger partial charge in [0.1, 0.15) is 5.75 Å². The van der Waals surface area contributed by atoms with E-state index in [4.69, 9.17) is 9.47 Å². The largest absolute Gasteiger partial charge is 0.494 e. The Morgan fingerprint density at radius 3 is 2.50 bits per heavy atom. The summed E-state index contributed by atoms with van der Waals surface area (Å²) in [4.78, 5) is 14.2. The average molecular weight is 357 g/mol. The van der Waals surface area contributed by atoms with Crippen molar-refractivity contribution in [2.24, 2.45) is 7.05 Å². The maximum absolute atomic E-state index is 12.3. The molecule has 1 aliphatic rings. The predicted octanol–water partition coefficient (Wildman–Crippen LogP) is 2.88. The third kappa shape index (κ3) is 4.85. The molecular formula is C20H27N3O3. The van der Waals surface area contributed by atoms with Gasteiger partial charge in [0.05, 0.1) is 25.0 Å². The molecule has 0 unspecified atom stereocenters. The first-order valence-electron chi connectivity index (χ1n) is 9.16. The second-order valence-corrected chi connectivity index (χ2v) is 6.94. The van der Waals surface area contributed by atoms with Crippen LogP contribution in [0, 0.1) is 0 Å². The van der Waals surface area contributed by atoms with E-state index >= 15 is 0 Å². The molecule has 2 heterocycles. The molecule has 2 aromatic rings. The number of aromatic nitrogens is 2. The van der Waals surface area contributed by atoms with Crippen LogP contribution in [0.1, 0.15) is 26.7 Å². The third-order valence-corrected chi connectivity index (χ3v) is 4.47. The van der Waals surface area contributed by atoms with Crippen molar-refractivity contribution in [1.82, 2.24) is 14.7 Å². The fourth-order valence-corrected chi connectivity index (χ4v) is 3.27. The number of nitrogens with zero attached hydrogens (tertiary/aromatic N) is 3. The molecule has 2 atom stereocenters. The predicted molar refractivity (Wildman–Crippen MR) is 100.0 cm³/mol. The first-order valence-corrected chi connectivity index (χ1v) is 9.16. The number of aryl methyl sites for hydroxylation is 1. The van der Waals surface area contributed by atoms with E-state index in [0.717, 1.165) is 16.9 Å². The third-order valence-electron chi connectivity index (χ3n) is 4.47. The van der Waals surface area contributed by atoms with Crippen LogP contribution >= 0.6 is 0 Å². The summed E-state index contributed by atoms with van der Waals surface area (Å²) in [5.41, 5.74) is 2.19. The molecule has 1 saturated heterocycles. The van der Waals surface area contributed by atoms with Crippen molar-refractivity contribution in [2.75, 3.05) is 19.7 Å². The van der Waals surface area contributed by atoms with E-state index in [1.54, 1.807) is 4.68 Å². The van der Waals surface area contributed by atoms with Crippen molar-refractivity contribution in [3.8, 4) is 16.9 Å². The molecule has 0 N–H and O–H groups in total. The number of amides is 1. The molecular weight excluding hydrogens is 330 g/mol. The lowest BCUT2D eigenvalue weighted by molar-refractivity contribution is -0.143. The molecule has 1 fully saturated rings. The SMILES string of the molecule is C[C@H]1CN(C(=O)CCCOc2ccc(-c3cnn(C)c3)cc2)C[C@H](C)O1. The van der Waals surface area contributed by atoms with E-state index < -0.39 is 0 Å². The van der Waals surface area contributed by atoms with Crippen LogP contribution in [0.25, 0.3) is 11.1 Å². The molecule has 0 spiro atoms. The summed E-state index contributed by atoms with van der Waals surface area (Å²) in [5.74, 6) is 1.00. The van der Waals surface area contributed by atoms with Gasteiger partial charge in [0, 0.05) is 38.3 Å². The number of rotatable bonds is 6. The van der Waals surface area contributed by atoms with Gasteiger partial charge in [-0.15, -0.1) is 0 Å². The van der Waals surface area contributed by atoms with Crippen molar-refractivity contribution < 1.29 is 14.3 Å². The van der Waals surface area contributed by atoms with Crippen LogP contribution in [0.3, 0.4) is 0 Å². The van der Waals surface area contributed by atoms with E-state index in [2.05, 4.69) is 5.10 Å². The minimum Gasteiger partial charge on any atom is -0.494 e. The van der Waals surface area contributed by atoms with Gasteiger partial charge in [-0.1, -0.05) is 12.1 Å². The van der Waals surface area contributed by atoms with Crippen molar-refractivity contribution in [2.45, 2.75) is 38.9 Å². The van der Waals surface area contributed by atoms with E-state index in [0.29, 0.717) is 32.5 Å². The highest BCUT2D eigenvalue weighted by molar-refractivity contribution is 5.76. The number of hydrogen-bond donors (Lipinski definition) is 0. The fourth-order valence-electron chi connectivity index (χ4n) is 3.27. The van der Waals surface area contributed by atoms with Crippen molar-refractivity contribution in [1.29, 1.82) is 0 Å². The van der Waals surface area contributed by atoms with Crippen LogP contribution in [-0.4, -0.2) is 52.5 Å². The van der Waals surface area contributed by atoms with Gasteiger partial charge in [-0.25, -0.2) is 0 Å². The molecule has 26 heavy (non-hydrogen) atoms.